The highest BCUT2D eigenvalue weighted by Crippen LogP contribution is 2.14. The van der Waals surface area contributed by atoms with Gasteiger partial charge < -0.3 is 10.2 Å². The first-order valence-corrected chi connectivity index (χ1v) is 8.10. The molecule has 1 saturated heterocycles. The van der Waals surface area contributed by atoms with Crippen LogP contribution in [0.3, 0.4) is 0 Å². The van der Waals surface area contributed by atoms with Crippen molar-refractivity contribution in [1.29, 1.82) is 0 Å². The van der Waals surface area contributed by atoms with Crippen molar-refractivity contribution in [1.82, 2.24) is 10.2 Å². The lowest BCUT2D eigenvalue weighted by molar-refractivity contribution is -0.135. The van der Waals surface area contributed by atoms with Crippen molar-refractivity contribution >= 4 is 11.8 Å². The van der Waals surface area contributed by atoms with E-state index in [1.807, 2.05) is 49.9 Å². The second kappa shape index (κ2) is 7.43. The zero-order valence-electron chi connectivity index (χ0n) is 13.8. The maximum atomic E-state index is 12.2. The van der Waals surface area contributed by atoms with Gasteiger partial charge in [-0.2, -0.15) is 0 Å². The molecule has 4 nitrogen and oxygen atoms in total. The van der Waals surface area contributed by atoms with Crippen LogP contribution in [0.5, 0.6) is 0 Å². The average Bonchev–Trinajstić information content (AvgIpc) is 2.49. The molecule has 0 spiro atoms. The molecule has 120 valence electrons. The monoisotopic (exact) mass is 302 g/mol. The average molecular weight is 302 g/mol. The molecule has 0 atom stereocenters. The van der Waals surface area contributed by atoms with E-state index >= 15 is 0 Å². The Morgan fingerprint density at radius 1 is 1.23 bits per heavy atom. The zero-order valence-corrected chi connectivity index (χ0v) is 13.8. The summed E-state index contributed by atoms with van der Waals surface area (Å²) in [5.41, 5.74) is 2.22. The van der Waals surface area contributed by atoms with Crippen molar-refractivity contribution in [2.75, 3.05) is 13.1 Å². The van der Waals surface area contributed by atoms with E-state index < -0.39 is 0 Å². The lowest BCUT2D eigenvalue weighted by atomic mass is 10.0. The minimum absolute atomic E-state index is 0.0483. The Kier molecular flexibility index (Phi) is 5.58. The van der Waals surface area contributed by atoms with Crippen LogP contribution in [0.4, 0.5) is 0 Å². The Balaban J connectivity index is 1.80. The van der Waals surface area contributed by atoms with Crippen molar-refractivity contribution in [2.24, 2.45) is 5.92 Å². The third-order valence-electron chi connectivity index (χ3n) is 4.28. The Morgan fingerprint density at radius 3 is 2.45 bits per heavy atom. The second-order valence-corrected chi connectivity index (χ2v) is 6.43. The maximum absolute atomic E-state index is 12.2. The molecule has 2 rings (SSSR count). The molecule has 0 radical (unpaired) electrons. The van der Waals surface area contributed by atoms with E-state index in [4.69, 9.17) is 0 Å². The van der Waals surface area contributed by atoms with Gasteiger partial charge in [0.25, 0.3) is 0 Å². The molecule has 1 aliphatic rings. The van der Waals surface area contributed by atoms with Gasteiger partial charge in [0.05, 0.1) is 6.42 Å². The lowest BCUT2D eigenvalue weighted by Crippen LogP contribution is -2.47. The molecular formula is C18H26N2O2. The van der Waals surface area contributed by atoms with Crippen molar-refractivity contribution in [3.05, 3.63) is 35.4 Å². The van der Waals surface area contributed by atoms with E-state index in [1.165, 1.54) is 0 Å². The number of nitrogens with zero attached hydrogens (tertiary/aromatic N) is 1. The predicted octanol–water partition coefficient (Wildman–Crippen LogP) is 2.30. The third kappa shape index (κ3) is 4.33. The summed E-state index contributed by atoms with van der Waals surface area (Å²) in [7, 11) is 0. The Morgan fingerprint density at radius 2 is 1.86 bits per heavy atom. The molecule has 4 heteroatoms. The first kappa shape index (κ1) is 16.5. The predicted molar refractivity (Wildman–Crippen MR) is 87.5 cm³/mol. The van der Waals surface area contributed by atoms with Gasteiger partial charge in [-0.3, -0.25) is 9.59 Å². The fourth-order valence-electron chi connectivity index (χ4n) is 2.87. The number of piperidine rings is 1. The molecule has 0 saturated carbocycles. The SMILES string of the molecule is Cc1ccccc1CC(=O)NC1CCN(C(=O)C(C)C)CC1. The Labute approximate surface area is 132 Å². The van der Waals surface area contributed by atoms with E-state index in [0.717, 1.165) is 37.1 Å². The van der Waals surface area contributed by atoms with Crippen LogP contribution < -0.4 is 5.32 Å². The fraction of sp³-hybridized carbons (Fsp3) is 0.556. The number of benzene rings is 1. The molecule has 2 amide bonds. The van der Waals surface area contributed by atoms with Crippen LogP contribution in [0, 0.1) is 12.8 Å². The molecule has 1 fully saturated rings. The summed E-state index contributed by atoms with van der Waals surface area (Å²) >= 11 is 0. The number of rotatable bonds is 4. The smallest absolute Gasteiger partial charge is 0.225 e. The molecule has 1 heterocycles. The van der Waals surface area contributed by atoms with Gasteiger partial charge in [-0.1, -0.05) is 38.1 Å². The maximum Gasteiger partial charge on any atom is 0.225 e. The van der Waals surface area contributed by atoms with Crippen molar-refractivity contribution in [2.45, 2.75) is 46.1 Å². The number of carbonyl (C=O) groups excluding carboxylic acids is 2. The van der Waals surface area contributed by atoms with Gasteiger partial charge in [0.15, 0.2) is 0 Å². The first-order valence-electron chi connectivity index (χ1n) is 8.10. The molecular weight excluding hydrogens is 276 g/mol. The van der Waals surface area contributed by atoms with Gasteiger partial charge in [0.2, 0.25) is 11.8 Å². The van der Waals surface area contributed by atoms with Crippen molar-refractivity contribution < 1.29 is 9.59 Å². The Bertz CT molecular complexity index is 532. The van der Waals surface area contributed by atoms with Gasteiger partial charge in [-0.25, -0.2) is 0 Å². The highest BCUT2D eigenvalue weighted by molar-refractivity contribution is 5.79. The van der Waals surface area contributed by atoms with E-state index in [9.17, 15) is 9.59 Å². The van der Waals surface area contributed by atoms with E-state index in [0.29, 0.717) is 6.42 Å². The minimum Gasteiger partial charge on any atom is -0.353 e. The van der Waals surface area contributed by atoms with Crippen LogP contribution in [0.1, 0.15) is 37.8 Å². The third-order valence-corrected chi connectivity index (χ3v) is 4.28. The van der Waals surface area contributed by atoms with Gasteiger partial charge in [0, 0.05) is 25.0 Å². The number of hydrogen-bond donors (Lipinski definition) is 1. The van der Waals surface area contributed by atoms with Gasteiger partial charge >= 0.3 is 0 Å². The molecule has 1 N–H and O–H groups in total. The largest absolute Gasteiger partial charge is 0.353 e. The van der Waals surface area contributed by atoms with E-state index in [1.54, 1.807) is 0 Å². The van der Waals surface area contributed by atoms with Crippen molar-refractivity contribution in [3.8, 4) is 0 Å². The molecule has 0 aliphatic carbocycles. The van der Waals surface area contributed by atoms with Crippen LogP contribution in [0.2, 0.25) is 0 Å². The summed E-state index contributed by atoms with van der Waals surface area (Å²) in [4.78, 5) is 26.0. The number of hydrogen-bond acceptors (Lipinski definition) is 2. The number of amides is 2. The van der Waals surface area contributed by atoms with Crippen LogP contribution in [-0.2, 0) is 16.0 Å². The summed E-state index contributed by atoms with van der Waals surface area (Å²) < 4.78 is 0. The number of aryl methyl sites for hydroxylation is 1. The first-order chi connectivity index (χ1) is 10.5. The van der Waals surface area contributed by atoms with Crippen LogP contribution in [0.15, 0.2) is 24.3 Å². The van der Waals surface area contributed by atoms with Crippen LogP contribution in [-0.4, -0.2) is 35.8 Å². The standard InChI is InChI=1S/C18H26N2O2/c1-13(2)18(22)20-10-8-16(9-11-20)19-17(21)12-15-7-5-4-6-14(15)3/h4-7,13,16H,8-12H2,1-3H3,(H,19,21). The van der Waals surface area contributed by atoms with E-state index in [-0.39, 0.29) is 23.8 Å². The van der Waals surface area contributed by atoms with Gasteiger partial charge in [-0.05, 0) is 30.9 Å². The molecule has 22 heavy (non-hydrogen) atoms. The van der Waals surface area contributed by atoms with Crippen LogP contribution >= 0.6 is 0 Å². The molecule has 1 aliphatic heterocycles. The molecule has 0 aromatic heterocycles. The quantitative estimate of drug-likeness (QED) is 0.928. The van der Waals surface area contributed by atoms with E-state index in [2.05, 4.69) is 5.32 Å². The Hall–Kier alpha value is -1.84. The highest BCUT2D eigenvalue weighted by atomic mass is 16.2. The fourth-order valence-corrected chi connectivity index (χ4v) is 2.87. The van der Waals surface area contributed by atoms with Gasteiger partial charge in [-0.15, -0.1) is 0 Å². The molecule has 1 aromatic rings. The van der Waals surface area contributed by atoms with Crippen LogP contribution in [0.25, 0.3) is 0 Å². The molecule has 0 bridgehead atoms. The summed E-state index contributed by atoms with van der Waals surface area (Å²) in [6, 6.07) is 8.16. The number of nitrogens with one attached hydrogen (secondary N) is 1. The summed E-state index contributed by atoms with van der Waals surface area (Å²) in [5, 5.41) is 3.11. The summed E-state index contributed by atoms with van der Waals surface area (Å²) in [6.45, 7) is 7.37. The highest BCUT2D eigenvalue weighted by Gasteiger charge is 2.25. The lowest BCUT2D eigenvalue weighted by Gasteiger charge is -2.33. The number of carbonyl (C=O) groups is 2. The summed E-state index contributed by atoms with van der Waals surface area (Å²) in [6.07, 6.45) is 2.12. The summed E-state index contributed by atoms with van der Waals surface area (Å²) in [5.74, 6) is 0.333. The molecule has 1 aromatic carbocycles. The normalized spacial score (nSPS) is 15.9. The topological polar surface area (TPSA) is 49.4 Å². The van der Waals surface area contributed by atoms with Gasteiger partial charge in [0.1, 0.15) is 0 Å². The number of likely N-dealkylation sites (tertiary alicyclic amines) is 1. The molecule has 0 unspecified atom stereocenters. The second-order valence-electron chi connectivity index (χ2n) is 6.43. The minimum atomic E-state index is 0.0483. The zero-order chi connectivity index (χ0) is 16.1. The van der Waals surface area contributed by atoms with Crippen molar-refractivity contribution in [3.63, 3.8) is 0 Å².